The molecule has 0 radical (unpaired) electrons. The molecule has 0 atom stereocenters. The van der Waals surface area contributed by atoms with Gasteiger partial charge in [-0.2, -0.15) is 0 Å². The Morgan fingerprint density at radius 1 is 1.19 bits per heavy atom. The lowest BCUT2D eigenvalue weighted by Crippen LogP contribution is -2.47. The molecule has 1 heterocycles. The zero-order valence-electron chi connectivity index (χ0n) is 15.9. The number of piperidine rings is 1. The fourth-order valence-electron chi connectivity index (χ4n) is 3.14. The Morgan fingerprint density at radius 3 is 2.48 bits per heavy atom. The number of benzene rings is 1. The highest BCUT2D eigenvalue weighted by molar-refractivity contribution is 6.33. The molecule has 1 aliphatic heterocycles. The summed E-state index contributed by atoms with van der Waals surface area (Å²) in [5, 5.41) is 9.26. The van der Waals surface area contributed by atoms with Gasteiger partial charge in [-0.05, 0) is 30.9 Å². The van der Waals surface area contributed by atoms with Crippen molar-refractivity contribution in [2.24, 2.45) is 10.9 Å². The minimum absolute atomic E-state index is 0.102. The van der Waals surface area contributed by atoms with Gasteiger partial charge in [0.2, 0.25) is 5.91 Å². The first-order valence-corrected chi connectivity index (χ1v) is 9.61. The lowest BCUT2D eigenvalue weighted by Gasteiger charge is -2.34. The number of hydrogen-bond acceptors (Lipinski definition) is 3. The summed E-state index contributed by atoms with van der Waals surface area (Å²) in [4.78, 5) is 30.1. The molecule has 27 heavy (non-hydrogen) atoms. The van der Waals surface area contributed by atoms with E-state index in [-0.39, 0.29) is 11.8 Å². The van der Waals surface area contributed by atoms with Crippen molar-refractivity contribution in [3.8, 4) is 0 Å². The molecule has 1 saturated heterocycles. The zero-order chi connectivity index (χ0) is 19.6. The standard InChI is InChI=1S/C19H28ClN5O2/c1-21-17(26)13-14-7-11-25(12-8-14)19(22-2)24-10-9-23-18(27)15-5-3-4-6-16(15)20/h3-6,14H,7-13H2,1-2H3,(H,21,26)(H,22,24)(H,23,27). The summed E-state index contributed by atoms with van der Waals surface area (Å²) in [5.41, 5.74) is 0.474. The van der Waals surface area contributed by atoms with Gasteiger partial charge in [-0.15, -0.1) is 0 Å². The molecule has 1 fully saturated rings. The van der Waals surface area contributed by atoms with Crippen LogP contribution in [-0.2, 0) is 4.79 Å². The Morgan fingerprint density at radius 2 is 1.85 bits per heavy atom. The van der Waals surface area contributed by atoms with E-state index < -0.39 is 0 Å². The van der Waals surface area contributed by atoms with E-state index in [4.69, 9.17) is 11.6 Å². The maximum Gasteiger partial charge on any atom is 0.252 e. The molecule has 1 aliphatic rings. The van der Waals surface area contributed by atoms with Crippen molar-refractivity contribution in [1.82, 2.24) is 20.9 Å². The predicted octanol–water partition coefficient (Wildman–Crippen LogP) is 1.49. The summed E-state index contributed by atoms with van der Waals surface area (Å²) in [5.74, 6) is 1.16. The predicted molar refractivity (Wildman–Crippen MR) is 108 cm³/mol. The Balaban J connectivity index is 1.71. The minimum Gasteiger partial charge on any atom is -0.359 e. The van der Waals surface area contributed by atoms with E-state index in [0.717, 1.165) is 31.9 Å². The molecule has 1 aromatic rings. The molecule has 3 N–H and O–H groups in total. The van der Waals surface area contributed by atoms with Crippen molar-refractivity contribution in [2.45, 2.75) is 19.3 Å². The van der Waals surface area contributed by atoms with Crippen LogP contribution in [0, 0.1) is 5.92 Å². The average Bonchev–Trinajstić information content (AvgIpc) is 2.69. The van der Waals surface area contributed by atoms with Crippen LogP contribution in [0.4, 0.5) is 0 Å². The van der Waals surface area contributed by atoms with E-state index in [0.29, 0.717) is 36.0 Å². The van der Waals surface area contributed by atoms with Gasteiger partial charge in [0.05, 0.1) is 10.6 Å². The average molecular weight is 394 g/mol. The quantitative estimate of drug-likeness (QED) is 0.388. The van der Waals surface area contributed by atoms with Crippen LogP contribution in [0.25, 0.3) is 0 Å². The number of likely N-dealkylation sites (tertiary alicyclic amines) is 1. The lowest BCUT2D eigenvalue weighted by molar-refractivity contribution is -0.121. The highest BCUT2D eigenvalue weighted by Gasteiger charge is 2.22. The van der Waals surface area contributed by atoms with E-state index >= 15 is 0 Å². The second-order valence-electron chi connectivity index (χ2n) is 6.52. The number of halogens is 1. The largest absolute Gasteiger partial charge is 0.359 e. The van der Waals surface area contributed by atoms with E-state index in [2.05, 4.69) is 25.8 Å². The molecule has 148 valence electrons. The second kappa shape index (κ2) is 10.8. The fourth-order valence-corrected chi connectivity index (χ4v) is 3.36. The smallest absolute Gasteiger partial charge is 0.252 e. The van der Waals surface area contributed by atoms with Crippen LogP contribution >= 0.6 is 11.6 Å². The number of carbonyl (C=O) groups is 2. The Bertz CT molecular complexity index is 672. The summed E-state index contributed by atoms with van der Waals surface area (Å²) in [6.07, 6.45) is 2.53. The molecule has 0 unspecified atom stereocenters. The van der Waals surface area contributed by atoms with Crippen LogP contribution < -0.4 is 16.0 Å². The molecule has 0 saturated carbocycles. The minimum atomic E-state index is -0.188. The third kappa shape index (κ3) is 6.43. The summed E-state index contributed by atoms with van der Waals surface area (Å²) in [7, 11) is 3.43. The van der Waals surface area contributed by atoms with Crippen molar-refractivity contribution in [1.29, 1.82) is 0 Å². The van der Waals surface area contributed by atoms with Crippen LogP contribution in [-0.4, -0.2) is 62.9 Å². The topological polar surface area (TPSA) is 85.8 Å². The number of nitrogens with zero attached hydrogens (tertiary/aromatic N) is 2. The molecule has 2 rings (SSSR count). The van der Waals surface area contributed by atoms with Crippen LogP contribution in [0.5, 0.6) is 0 Å². The van der Waals surface area contributed by atoms with Crippen LogP contribution in [0.2, 0.25) is 5.02 Å². The molecule has 0 spiro atoms. The monoisotopic (exact) mass is 393 g/mol. The molecular formula is C19H28ClN5O2. The Kier molecular flexibility index (Phi) is 8.39. The van der Waals surface area contributed by atoms with Crippen molar-refractivity contribution in [3.63, 3.8) is 0 Å². The van der Waals surface area contributed by atoms with Gasteiger partial charge >= 0.3 is 0 Å². The molecule has 1 aromatic carbocycles. The second-order valence-corrected chi connectivity index (χ2v) is 6.92. The zero-order valence-corrected chi connectivity index (χ0v) is 16.7. The van der Waals surface area contributed by atoms with Crippen molar-refractivity contribution < 1.29 is 9.59 Å². The summed E-state index contributed by atoms with van der Waals surface area (Å²) < 4.78 is 0. The first kappa shape index (κ1) is 21.0. The van der Waals surface area contributed by atoms with Gasteiger partial charge in [0.25, 0.3) is 5.91 Å². The van der Waals surface area contributed by atoms with Gasteiger partial charge in [-0.25, -0.2) is 0 Å². The van der Waals surface area contributed by atoms with Crippen LogP contribution in [0.15, 0.2) is 29.3 Å². The molecule has 0 aliphatic carbocycles. The molecule has 2 amide bonds. The molecule has 0 bridgehead atoms. The molecular weight excluding hydrogens is 366 g/mol. The lowest BCUT2D eigenvalue weighted by atomic mass is 9.93. The van der Waals surface area contributed by atoms with Crippen LogP contribution in [0.3, 0.4) is 0 Å². The van der Waals surface area contributed by atoms with Gasteiger partial charge in [-0.3, -0.25) is 14.6 Å². The number of nitrogens with one attached hydrogen (secondary N) is 3. The van der Waals surface area contributed by atoms with E-state index in [9.17, 15) is 9.59 Å². The van der Waals surface area contributed by atoms with E-state index in [1.54, 1.807) is 38.4 Å². The van der Waals surface area contributed by atoms with Gasteiger partial charge in [0.1, 0.15) is 0 Å². The normalized spacial score (nSPS) is 15.4. The first-order chi connectivity index (χ1) is 13.0. The molecule has 7 nitrogen and oxygen atoms in total. The number of carbonyl (C=O) groups excluding carboxylic acids is 2. The highest BCUT2D eigenvalue weighted by atomic mass is 35.5. The maximum absolute atomic E-state index is 12.1. The summed E-state index contributed by atoms with van der Waals surface area (Å²) in [6.45, 7) is 2.78. The SMILES string of the molecule is CN=C(NCCNC(=O)c1ccccc1Cl)N1CCC(CC(=O)NC)CC1. The fraction of sp³-hybridized carbons (Fsp3) is 0.526. The summed E-state index contributed by atoms with van der Waals surface area (Å²) in [6, 6.07) is 6.98. The van der Waals surface area contributed by atoms with Gasteiger partial charge in [-0.1, -0.05) is 23.7 Å². The van der Waals surface area contributed by atoms with Crippen molar-refractivity contribution in [3.05, 3.63) is 34.9 Å². The third-order valence-corrected chi connectivity index (χ3v) is 5.02. The third-order valence-electron chi connectivity index (χ3n) is 4.69. The van der Waals surface area contributed by atoms with Crippen molar-refractivity contribution in [2.75, 3.05) is 40.3 Å². The Hall–Kier alpha value is -2.28. The van der Waals surface area contributed by atoms with Crippen molar-refractivity contribution >= 4 is 29.4 Å². The van der Waals surface area contributed by atoms with Crippen LogP contribution in [0.1, 0.15) is 29.6 Å². The van der Waals surface area contributed by atoms with Gasteiger partial charge < -0.3 is 20.9 Å². The number of rotatable bonds is 6. The number of aliphatic imine (C=N–C) groups is 1. The number of guanidine groups is 1. The maximum atomic E-state index is 12.1. The highest BCUT2D eigenvalue weighted by Crippen LogP contribution is 2.20. The number of amides is 2. The molecule has 8 heteroatoms. The van der Waals surface area contributed by atoms with E-state index in [1.165, 1.54) is 0 Å². The Labute approximate surface area is 165 Å². The summed E-state index contributed by atoms with van der Waals surface area (Å²) >= 11 is 6.03. The van der Waals surface area contributed by atoms with E-state index in [1.807, 2.05) is 0 Å². The number of hydrogen-bond donors (Lipinski definition) is 3. The van der Waals surface area contributed by atoms with Gasteiger partial charge in [0, 0.05) is 46.7 Å². The van der Waals surface area contributed by atoms with Gasteiger partial charge in [0.15, 0.2) is 5.96 Å². The first-order valence-electron chi connectivity index (χ1n) is 9.24. The molecule has 0 aromatic heterocycles.